The number of carbonyl (C=O) groups is 1. The predicted molar refractivity (Wildman–Crippen MR) is 110 cm³/mol. The minimum Gasteiger partial charge on any atom is -0.349 e. The Balaban J connectivity index is 1.49. The summed E-state index contributed by atoms with van der Waals surface area (Å²) in [5.41, 5.74) is 4.11. The fraction of sp³-hybridized carbons (Fsp3) is 0.364. The number of aromatic nitrogens is 2. The Bertz CT molecular complexity index is 906. The van der Waals surface area contributed by atoms with Gasteiger partial charge in [-0.05, 0) is 29.7 Å². The van der Waals surface area contributed by atoms with Crippen LogP contribution in [0.25, 0.3) is 10.9 Å². The number of aromatic amines is 1. The van der Waals surface area contributed by atoms with Crippen LogP contribution in [0.2, 0.25) is 0 Å². The molecule has 2 aromatic carbocycles. The molecule has 0 unspecified atom stereocenters. The van der Waals surface area contributed by atoms with Crippen LogP contribution in [0, 0.1) is 0 Å². The van der Waals surface area contributed by atoms with Crippen LogP contribution in [0.1, 0.15) is 42.4 Å². The van der Waals surface area contributed by atoms with E-state index in [1.165, 1.54) is 11.1 Å². The highest BCUT2D eigenvalue weighted by molar-refractivity contribution is 6.04. The lowest BCUT2D eigenvalue weighted by molar-refractivity contribution is 0.0946. The van der Waals surface area contributed by atoms with E-state index in [0.717, 1.165) is 24.0 Å². The fourth-order valence-electron chi connectivity index (χ4n) is 3.08. The molecular formula is C22H28N4O. The molecule has 1 amide bonds. The highest BCUT2D eigenvalue weighted by Crippen LogP contribution is 2.22. The highest BCUT2D eigenvalue weighted by Gasteiger charge is 2.14. The number of rotatable bonds is 6. The molecule has 2 N–H and O–H groups in total. The van der Waals surface area contributed by atoms with Gasteiger partial charge in [-0.3, -0.25) is 9.89 Å². The molecule has 0 aliphatic heterocycles. The number of H-pyrrole nitrogens is 1. The Morgan fingerprint density at radius 1 is 1.11 bits per heavy atom. The molecule has 0 fully saturated rings. The van der Waals surface area contributed by atoms with E-state index in [4.69, 9.17) is 0 Å². The smallest absolute Gasteiger partial charge is 0.272 e. The van der Waals surface area contributed by atoms with Crippen molar-refractivity contribution in [3.8, 4) is 0 Å². The third-order valence-electron chi connectivity index (χ3n) is 4.74. The molecule has 3 rings (SSSR count). The number of nitrogens with zero attached hydrogens (tertiary/aromatic N) is 2. The molecule has 0 saturated heterocycles. The van der Waals surface area contributed by atoms with Crippen LogP contribution in [0.3, 0.4) is 0 Å². The van der Waals surface area contributed by atoms with E-state index in [9.17, 15) is 4.79 Å². The van der Waals surface area contributed by atoms with Gasteiger partial charge in [-0.1, -0.05) is 63.2 Å². The summed E-state index contributed by atoms with van der Waals surface area (Å²) in [6.07, 6.45) is 0. The van der Waals surface area contributed by atoms with Crippen LogP contribution in [0.15, 0.2) is 48.5 Å². The molecule has 3 aromatic rings. The highest BCUT2D eigenvalue weighted by atomic mass is 16.1. The zero-order valence-electron chi connectivity index (χ0n) is 16.5. The molecule has 1 heterocycles. The van der Waals surface area contributed by atoms with Gasteiger partial charge >= 0.3 is 0 Å². The topological polar surface area (TPSA) is 61.0 Å². The summed E-state index contributed by atoms with van der Waals surface area (Å²) >= 11 is 0. The first kappa shape index (κ1) is 19.1. The maximum atomic E-state index is 12.4. The van der Waals surface area contributed by atoms with Gasteiger partial charge in [0.2, 0.25) is 0 Å². The zero-order chi connectivity index (χ0) is 19.4. The van der Waals surface area contributed by atoms with Crippen molar-refractivity contribution in [2.24, 2.45) is 0 Å². The minimum absolute atomic E-state index is 0.143. The standard InChI is InChI=1S/C22H28N4O/c1-22(2,3)17-11-9-16(10-12-17)15-26(4)14-13-23-21(27)20-18-7-5-6-8-19(18)24-25-20/h5-12H,13-15H2,1-4H3,(H,23,27)(H,24,25). The molecule has 0 aliphatic rings. The summed E-state index contributed by atoms with van der Waals surface area (Å²) in [6.45, 7) is 8.87. The predicted octanol–water partition coefficient (Wildman–Crippen LogP) is 3.72. The van der Waals surface area contributed by atoms with Crippen molar-refractivity contribution < 1.29 is 4.79 Å². The van der Waals surface area contributed by atoms with Crippen molar-refractivity contribution in [2.45, 2.75) is 32.7 Å². The number of benzene rings is 2. The van der Waals surface area contributed by atoms with E-state index in [0.29, 0.717) is 12.2 Å². The Hall–Kier alpha value is -2.66. The largest absolute Gasteiger partial charge is 0.349 e. The Kier molecular flexibility index (Phi) is 5.61. The zero-order valence-corrected chi connectivity index (χ0v) is 16.5. The summed E-state index contributed by atoms with van der Waals surface area (Å²) in [7, 11) is 2.06. The van der Waals surface area contributed by atoms with Gasteiger partial charge in [-0.25, -0.2) is 0 Å². The summed E-state index contributed by atoms with van der Waals surface area (Å²) in [4.78, 5) is 14.6. The first-order valence-corrected chi connectivity index (χ1v) is 9.34. The second-order valence-electron chi connectivity index (χ2n) is 8.06. The third kappa shape index (κ3) is 4.74. The Morgan fingerprint density at radius 3 is 2.52 bits per heavy atom. The third-order valence-corrected chi connectivity index (χ3v) is 4.74. The van der Waals surface area contributed by atoms with Crippen molar-refractivity contribution in [1.29, 1.82) is 0 Å². The molecule has 5 nitrogen and oxygen atoms in total. The van der Waals surface area contributed by atoms with Gasteiger partial charge in [-0.15, -0.1) is 0 Å². The molecule has 1 aromatic heterocycles. The van der Waals surface area contributed by atoms with Crippen LogP contribution in [0.4, 0.5) is 0 Å². The number of amides is 1. The van der Waals surface area contributed by atoms with Crippen molar-refractivity contribution >= 4 is 16.8 Å². The van der Waals surface area contributed by atoms with Gasteiger partial charge in [0, 0.05) is 25.0 Å². The average Bonchev–Trinajstić information content (AvgIpc) is 3.05. The number of hydrogen-bond acceptors (Lipinski definition) is 3. The van der Waals surface area contributed by atoms with E-state index in [1.807, 2.05) is 24.3 Å². The minimum atomic E-state index is -0.143. The van der Waals surface area contributed by atoms with Gasteiger partial charge in [0.05, 0.1) is 5.52 Å². The lowest BCUT2D eigenvalue weighted by Crippen LogP contribution is -2.33. The van der Waals surface area contributed by atoms with E-state index in [2.05, 4.69) is 72.5 Å². The quantitative estimate of drug-likeness (QED) is 0.701. The second-order valence-corrected chi connectivity index (χ2v) is 8.06. The number of fused-ring (bicyclic) bond motifs is 1. The van der Waals surface area contributed by atoms with Gasteiger partial charge in [0.1, 0.15) is 0 Å². The summed E-state index contributed by atoms with van der Waals surface area (Å²) in [6, 6.07) is 16.4. The SMILES string of the molecule is CN(CCNC(=O)c1n[nH]c2ccccc12)Cc1ccc(C(C)(C)C)cc1. The fourth-order valence-corrected chi connectivity index (χ4v) is 3.08. The van der Waals surface area contributed by atoms with Gasteiger partial charge in [-0.2, -0.15) is 5.10 Å². The molecular weight excluding hydrogens is 336 g/mol. The first-order valence-electron chi connectivity index (χ1n) is 9.34. The maximum Gasteiger partial charge on any atom is 0.272 e. The lowest BCUT2D eigenvalue weighted by Gasteiger charge is -2.20. The van der Waals surface area contributed by atoms with Crippen molar-refractivity contribution in [1.82, 2.24) is 20.4 Å². The van der Waals surface area contributed by atoms with Gasteiger partial charge in [0.25, 0.3) is 5.91 Å². The Labute approximate surface area is 160 Å². The van der Waals surface area contributed by atoms with Crippen molar-refractivity contribution in [3.05, 3.63) is 65.4 Å². The van der Waals surface area contributed by atoms with E-state index < -0.39 is 0 Å². The van der Waals surface area contributed by atoms with Crippen molar-refractivity contribution in [2.75, 3.05) is 20.1 Å². The van der Waals surface area contributed by atoms with E-state index >= 15 is 0 Å². The van der Waals surface area contributed by atoms with Crippen LogP contribution in [0.5, 0.6) is 0 Å². The second kappa shape index (κ2) is 7.92. The number of nitrogens with one attached hydrogen (secondary N) is 2. The molecule has 0 aliphatic carbocycles. The maximum absolute atomic E-state index is 12.4. The van der Waals surface area contributed by atoms with Crippen LogP contribution >= 0.6 is 0 Å². The molecule has 0 radical (unpaired) electrons. The van der Waals surface area contributed by atoms with Crippen LogP contribution < -0.4 is 5.32 Å². The molecule has 142 valence electrons. The van der Waals surface area contributed by atoms with Crippen molar-refractivity contribution in [3.63, 3.8) is 0 Å². The molecule has 27 heavy (non-hydrogen) atoms. The number of hydrogen-bond donors (Lipinski definition) is 2. The summed E-state index contributed by atoms with van der Waals surface area (Å²) in [5, 5.41) is 10.8. The molecule has 5 heteroatoms. The number of likely N-dealkylation sites (N-methyl/N-ethyl adjacent to an activating group) is 1. The summed E-state index contributed by atoms with van der Waals surface area (Å²) in [5.74, 6) is -0.143. The molecule has 0 bridgehead atoms. The number of para-hydroxylation sites is 1. The first-order chi connectivity index (χ1) is 12.8. The van der Waals surface area contributed by atoms with Crippen LogP contribution in [-0.2, 0) is 12.0 Å². The Morgan fingerprint density at radius 2 is 1.81 bits per heavy atom. The monoisotopic (exact) mass is 364 g/mol. The average molecular weight is 364 g/mol. The molecule has 0 atom stereocenters. The lowest BCUT2D eigenvalue weighted by atomic mass is 9.87. The van der Waals surface area contributed by atoms with Gasteiger partial charge in [0.15, 0.2) is 5.69 Å². The molecule has 0 saturated carbocycles. The molecule has 0 spiro atoms. The van der Waals surface area contributed by atoms with Crippen LogP contribution in [-0.4, -0.2) is 41.1 Å². The van der Waals surface area contributed by atoms with E-state index in [1.54, 1.807) is 0 Å². The summed E-state index contributed by atoms with van der Waals surface area (Å²) < 4.78 is 0. The van der Waals surface area contributed by atoms with Gasteiger partial charge < -0.3 is 10.2 Å². The normalized spacial score (nSPS) is 11.9. The number of carbonyl (C=O) groups excluding carboxylic acids is 1. The van der Waals surface area contributed by atoms with E-state index in [-0.39, 0.29) is 11.3 Å².